The number of carbonyl (C=O) groups is 1. The fourth-order valence-electron chi connectivity index (χ4n) is 4.10. The summed E-state index contributed by atoms with van der Waals surface area (Å²) in [6.07, 6.45) is 8.74. The van der Waals surface area contributed by atoms with E-state index in [0.29, 0.717) is 18.5 Å². The highest BCUT2D eigenvalue weighted by Crippen LogP contribution is 2.25. The first-order chi connectivity index (χ1) is 12.3. The van der Waals surface area contributed by atoms with E-state index in [0.717, 1.165) is 26.2 Å². The molecule has 1 aliphatic heterocycles. The van der Waals surface area contributed by atoms with Crippen LogP contribution < -0.4 is 0 Å². The molecule has 0 N–H and O–H groups in total. The van der Waals surface area contributed by atoms with E-state index in [1.165, 1.54) is 36.9 Å². The standard InChI is InChI=1S/C20H26N4O/c25-20-15-22(10-11-24(20)18-8-4-5-9-18)14-19-12-21-16-23(19)13-17-6-2-1-3-7-17/h1-3,6-7,12,16,18H,4-5,8-11,13-15H2. The van der Waals surface area contributed by atoms with Gasteiger partial charge in [0, 0.05) is 38.4 Å². The zero-order chi connectivity index (χ0) is 17.1. The van der Waals surface area contributed by atoms with Crippen molar-refractivity contribution < 1.29 is 4.79 Å². The van der Waals surface area contributed by atoms with Crippen molar-refractivity contribution in [3.8, 4) is 0 Å². The second kappa shape index (κ2) is 7.40. The molecule has 1 aromatic carbocycles. The summed E-state index contributed by atoms with van der Waals surface area (Å²) in [5.74, 6) is 0.298. The molecule has 5 nitrogen and oxygen atoms in total. The van der Waals surface area contributed by atoms with Gasteiger partial charge in [0.25, 0.3) is 0 Å². The molecule has 2 aromatic rings. The van der Waals surface area contributed by atoms with Crippen LogP contribution in [0.15, 0.2) is 42.9 Å². The van der Waals surface area contributed by atoms with E-state index in [2.05, 4.69) is 43.6 Å². The Labute approximate surface area is 149 Å². The third-order valence-corrected chi connectivity index (χ3v) is 5.48. The van der Waals surface area contributed by atoms with Crippen LogP contribution in [0.25, 0.3) is 0 Å². The van der Waals surface area contributed by atoms with Crippen LogP contribution >= 0.6 is 0 Å². The number of piperazine rings is 1. The van der Waals surface area contributed by atoms with E-state index < -0.39 is 0 Å². The molecule has 0 atom stereocenters. The molecule has 4 rings (SSSR count). The molecule has 0 spiro atoms. The average Bonchev–Trinajstić information content (AvgIpc) is 3.29. The number of nitrogens with zero attached hydrogens (tertiary/aromatic N) is 4. The van der Waals surface area contributed by atoms with Crippen LogP contribution in [0, 0.1) is 0 Å². The number of rotatable bonds is 5. The summed E-state index contributed by atoms with van der Waals surface area (Å²) >= 11 is 0. The number of carbonyl (C=O) groups excluding carboxylic acids is 1. The normalized spacial score (nSPS) is 19.7. The summed E-state index contributed by atoms with van der Waals surface area (Å²) in [5, 5.41) is 0. The smallest absolute Gasteiger partial charge is 0.237 e. The molecule has 1 saturated heterocycles. The fraction of sp³-hybridized carbons (Fsp3) is 0.500. The number of amides is 1. The SMILES string of the molecule is O=C1CN(Cc2cncn2Cc2ccccc2)CCN1C1CCCC1. The van der Waals surface area contributed by atoms with Gasteiger partial charge in [-0.05, 0) is 18.4 Å². The third kappa shape index (κ3) is 3.76. The minimum atomic E-state index is 0.298. The van der Waals surface area contributed by atoms with Crippen LogP contribution in [0.2, 0.25) is 0 Å². The van der Waals surface area contributed by atoms with Crippen LogP contribution in [0.4, 0.5) is 0 Å². The molecule has 1 aliphatic carbocycles. The summed E-state index contributed by atoms with van der Waals surface area (Å²) in [7, 11) is 0. The van der Waals surface area contributed by atoms with Crippen molar-refractivity contribution in [2.45, 2.75) is 44.8 Å². The molecule has 0 radical (unpaired) electrons. The van der Waals surface area contributed by atoms with Crippen LogP contribution in [0.1, 0.15) is 36.9 Å². The minimum Gasteiger partial charge on any atom is -0.337 e. The van der Waals surface area contributed by atoms with Crippen molar-refractivity contribution in [2.75, 3.05) is 19.6 Å². The maximum atomic E-state index is 12.6. The summed E-state index contributed by atoms with van der Waals surface area (Å²) in [6.45, 7) is 3.98. The quantitative estimate of drug-likeness (QED) is 0.841. The Kier molecular flexibility index (Phi) is 4.83. The second-order valence-corrected chi connectivity index (χ2v) is 7.23. The predicted molar refractivity (Wildman–Crippen MR) is 97.0 cm³/mol. The van der Waals surface area contributed by atoms with Gasteiger partial charge < -0.3 is 9.47 Å². The second-order valence-electron chi connectivity index (χ2n) is 7.23. The van der Waals surface area contributed by atoms with E-state index in [9.17, 15) is 4.79 Å². The molecule has 2 aliphatic rings. The highest BCUT2D eigenvalue weighted by molar-refractivity contribution is 5.79. The van der Waals surface area contributed by atoms with E-state index >= 15 is 0 Å². The molecule has 0 bridgehead atoms. The molecule has 132 valence electrons. The maximum Gasteiger partial charge on any atom is 0.237 e. The molecule has 1 amide bonds. The Morgan fingerprint density at radius 2 is 1.84 bits per heavy atom. The van der Waals surface area contributed by atoms with Gasteiger partial charge in [-0.2, -0.15) is 0 Å². The molecular formula is C20H26N4O. The zero-order valence-electron chi connectivity index (χ0n) is 14.7. The molecule has 1 saturated carbocycles. The minimum absolute atomic E-state index is 0.298. The highest BCUT2D eigenvalue weighted by atomic mass is 16.2. The third-order valence-electron chi connectivity index (χ3n) is 5.48. The van der Waals surface area contributed by atoms with E-state index in [4.69, 9.17) is 0 Å². The average molecular weight is 338 g/mol. The predicted octanol–water partition coefficient (Wildman–Crippen LogP) is 2.52. The van der Waals surface area contributed by atoms with Gasteiger partial charge in [0.05, 0.1) is 18.6 Å². The van der Waals surface area contributed by atoms with Crippen LogP contribution in [0.3, 0.4) is 0 Å². The molecule has 1 aromatic heterocycles. The molecule has 2 heterocycles. The lowest BCUT2D eigenvalue weighted by Crippen LogP contribution is -2.53. The number of hydrogen-bond donors (Lipinski definition) is 0. The van der Waals surface area contributed by atoms with E-state index in [1.807, 2.05) is 18.6 Å². The first-order valence-electron chi connectivity index (χ1n) is 9.34. The summed E-state index contributed by atoms with van der Waals surface area (Å²) in [6, 6.07) is 10.9. The van der Waals surface area contributed by atoms with Gasteiger partial charge in [-0.1, -0.05) is 43.2 Å². The van der Waals surface area contributed by atoms with Crippen molar-refractivity contribution >= 4 is 5.91 Å². The first-order valence-corrected chi connectivity index (χ1v) is 9.34. The van der Waals surface area contributed by atoms with Gasteiger partial charge in [-0.3, -0.25) is 9.69 Å². The van der Waals surface area contributed by atoms with Gasteiger partial charge in [0.2, 0.25) is 5.91 Å². The Balaban J connectivity index is 1.37. The lowest BCUT2D eigenvalue weighted by atomic mass is 10.1. The molecule has 25 heavy (non-hydrogen) atoms. The van der Waals surface area contributed by atoms with Crippen LogP contribution in [-0.4, -0.2) is 50.9 Å². The van der Waals surface area contributed by atoms with Gasteiger partial charge in [-0.25, -0.2) is 4.98 Å². The summed E-state index contributed by atoms with van der Waals surface area (Å²) in [4.78, 5) is 21.3. The fourth-order valence-corrected chi connectivity index (χ4v) is 4.10. The van der Waals surface area contributed by atoms with Crippen LogP contribution in [0.5, 0.6) is 0 Å². The topological polar surface area (TPSA) is 41.4 Å². The zero-order valence-corrected chi connectivity index (χ0v) is 14.7. The number of imidazole rings is 1. The Morgan fingerprint density at radius 3 is 2.60 bits per heavy atom. The number of benzene rings is 1. The Morgan fingerprint density at radius 1 is 1.04 bits per heavy atom. The van der Waals surface area contributed by atoms with Gasteiger partial charge >= 0.3 is 0 Å². The van der Waals surface area contributed by atoms with Gasteiger partial charge in [0.15, 0.2) is 0 Å². The lowest BCUT2D eigenvalue weighted by Gasteiger charge is -2.37. The van der Waals surface area contributed by atoms with Crippen molar-refractivity contribution in [3.63, 3.8) is 0 Å². The van der Waals surface area contributed by atoms with Crippen molar-refractivity contribution in [1.29, 1.82) is 0 Å². The largest absolute Gasteiger partial charge is 0.337 e. The Bertz CT molecular complexity index is 705. The molecular weight excluding hydrogens is 312 g/mol. The molecule has 0 unspecified atom stereocenters. The van der Waals surface area contributed by atoms with Crippen LogP contribution in [-0.2, 0) is 17.9 Å². The lowest BCUT2D eigenvalue weighted by molar-refractivity contribution is -0.138. The Hall–Kier alpha value is -2.14. The van der Waals surface area contributed by atoms with E-state index in [-0.39, 0.29) is 0 Å². The van der Waals surface area contributed by atoms with Crippen molar-refractivity contribution in [2.24, 2.45) is 0 Å². The highest BCUT2D eigenvalue weighted by Gasteiger charge is 2.31. The van der Waals surface area contributed by atoms with Gasteiger partial charge in [-0.15, -0.1) is 0 Å². The molecule has 2 fully saturated rings. The number of hydrogen-bond acceptors (Lipinski definition) is 3. The number of aromatic nitrogens is 2. The molecule has 5 heteroatoms. The van der Waals surface area contributed by atoms with Crippen molar-refractivity contribution in [3.05, 3.63) is 54.1 Å². The van der Waals surface area contributed by atoms with E-state index in [1.54, 1.807) is 0 Å². The monoisotopic (exact) mass is 338 g/mol. The van der Waals surface area contributed by atoms with Gasteiger partial charge in [0.1, 0.15) is 0 Å². The summed E-state index contributed by atoms with van der Waals surface area (Å²) < 4.78 is 2.18. The first kappa shape index (κ1) is 16.3. The maximum absolute atomic E-state index is 12.6. The van der Waals surface area contributed by atoms with Crippen molar-refractivity contribution in [1.82, 2.24) is 19.4 Å². The summed E-state index contributed by atoms with van der Waals surface area (Å²) in [5.41, 5.74) is 2.44.